The zero-order valence-electron chi connectivity index (χ0n) is 21.9. The zero-order valence-corrected chi connectivity index (χ0v) is 21.9. The lowest BCUT2D eigenvalue weighted by atomic mass is 10.1. The van der Waals surface area contributed by atoms with E-state index in [4.69, 9.17) is 9.47 Å². The monoisotopic (exact) mass is 520 g/mol. The highest BCUT2D eigenvalue weighted by atomic mass is 16.5. The normalized spacial score (nSPS) is 13.3. The van der Waals surface area contributed by atoms with Gasteiger partial charge in [0.25, 0.3) is 11.7 Å². The fourth-order valence-electron chi connectivity index (χ4n) is 4.50. The number of esters is 1. The number of methoxy groups -OCH3 is 1. The summed E-state index contributed by atoms with van der Waals surface area (Å²) in [5.41, 5.74) is 2.30. The molecule has 10 heteroatoms. The van der Waals surface area contributed by atoms with Gasteiger partial charge in [-0.05, 0) is 49.4 Å². The molecule has 1 N–H and O–H groups in total. The molecular formula is C28H32N4O6. The number of Topliss-reactive ketones (excluding diaryl/α,β-unsaturated/α-hetero) is 1. The summed E-state index contributed by atoms with van der Waals surface area (Å²) in [6, 6.07) is 12.8. The first kappa shape index (κ1) is 26.7. The molecule has 0 atom stereocenters. The number of fused-ring (bicyclic) bond motifs is 1. The molecule has 3 aromatic rings. The average molecular weight is 521 g/mol. The minimum absolute atomic E-state index is 0.104. The van der Waals surface area contributed by atoms with E-state index in [2.05, 4.69) is 10.2 Å². The van der Waals surface area contributed by atoms with Crippen LogP contribution in [0.4, 0.5) is 11.4 Å². The molecule has 2 aromatic carbocycles. The maximum Gasteiger partial charge on any atom is 0.325 e. The van der Waals surface area contributed by atoms with E-state index >= 15 is 0 Å². The summed E-state index contributed by atoms with van der Waals surface area (Å²) >= 11 is 0. The maximum atomic E-state index is 13.5. The average Bonchev–Trinajstić information content (AvgIpc) is 3.29. The van der Waals surface area contributed by atoms with Crippen LogP contribution in [-0.4, -0.2) is 72.9 Å². The number of amides is 2. The first-order chi connectivity index (χ1) is 18.3. The fraction of sp³-hybridized carbons (Fsp3) is 0.357. The highest BCUT2D eigenvalue weighted by molar-refractivity contribution is 6.45. The van der Waals surface area contributed by atoms with E-state index in [0.717, 1.165) is 11.4 Å². The Bertz CT molecular complexity index is 1340. The smallest absolute Gasteiger partial charge is 0.325 e. The molecule has 1 aromatic heterocycles. The number of carbonyl (C=O) groups is 4. The molecule has 1 aliphatic rings. The van der Waals surface area contributed by atoms with Gasteiger partial charge in [-0.25, -0.2) is 0 Å². The number of ether oxygens (including phenoxy) is 2. The first-order valence-electron chi connectivity index (χ1n) is 12.7. The predicted molar refractivity (Wildman–Crippen MR) is 144 cm³/mol. The van der Waals surface area contributed by atoms with Crippen LogP contribution in [0.1, 0.15) is 30.6 Å². The molecular weight excluding hydrogens is 488 g/mol. The van der Waals surface area contributed by atoms with Crippen LogP contribution >= 0.6 is 0 Å². The van der Waals surface area contributed by atoms with Crippen LogP contribution in [0.5, 0.6) is 5.75 Å². The summed E-state index contributed by atoms with van der Waals surface area (Å²) in [4.78, 5) is 54.5. The molecule has 0 spiro atoms. The highest BCUT2D eigenvalue weighted by Gasteiger charge is 2.29. The highest BCUT2D eigenvalue weighted by Crippen LogP contribution is 2.27. The third-order valence-corrected chi connectivity index (χ3v) is 6.53. The number of piperazine rings is 1. The van der Waals surface area contributed by atoms with E-state index < -0.39 is 17.7 Å². The Morgan fingerprint density at radius 3 is 2.29 bits per heavy atom. The van der Waals surface area contributed by atoms with Gasteiger partial charge in [0.15, 0.2) is 0 Å². The van der Waals surface area contributed by atoms with Gasteiger partial charge in [0.05, 0.1) is 19.3 Å². The Hall–Kier alpha value is -4.34. The van der Waals surface area contributed by atoms with Crippen LogP contribution < -0.4 is 15.0 Å². The van der Waals surface area contributed by atoms with Gasteiger partial charge < -0.3 is 29.2 Å². The Morgan fingerprint density at radius 2 is 1.66 bits per heavy atom. The van der Waals surface area contributed by atoms with E-state index in [0.29, 0.717) is 49.2 Å². The first-order valence-corrected chi connectivity index (χ1v) is 12.7. The Labute approximate surface area is 221 Å². The molecule has 1 aliphatic heterocycles. The Balaban J connectivity index is 1.55. The van der Waals surface area contributed by atoms with Crippen molar-refractivity contribution < 1.29 is 28.7 Å². The molecule has 0 bridgehead atoms. The van der Waals surface area contributed by atoms with E-state index in [1.54, 1.807) is 48.6 Å². The van der Waals surface area contributed by atoms with E-state index in [9.17, 15) is 19.2 Å². The molecule has 10 nitrogen and oxygen atoms in total. The van der Waals surface area contributed by atoms with Crippen molar-refractivity contribution in [3.8, 4) is 5.75 Å². The third kappa shape index (κ3) is 5.80. The van der Waals surface area contributed by atoms with Gasteiger partial charge >= 0.3 is 5.97 Å². The van der Waals surface area contributed by atoms with E-state index in [1.807, 2.05) is 24.3 Å². The minimum atomic E-state index is -0.658. The lowest BCUT2D eigenvalue weighted by Gasteiger charge is -2.35. The van der Waals surface area contributed by atoms with Crippen LogP contribution in [0.15, 0.2) is 48.7 Å². The molecule has 1 saturated heterocycles. The van der Waals surface area contributed by atoms with Crippen molar-refractivity contribution >= 4 is 45.8 Å². The lowest BCUT2D eigenvalue weighted by Crippen LogP contribution is -2.50. The second-order valence-electron chi connectivity index (χ2n) is 8.92. The second kappa shape index (κ2) is 11.8. The molecule has 2 heterocycles. The Kier molecular flexibility index (Phi) is 8.30. The number of hydrogen-bond acceptors (Lipinski definition) is 7. The van der Waals surface area contributed by atoms with Crippen LogP contribution in [0.3, 0.4) is 0 Å². The molecule has 2 amide bonds. The number of ketones is 1. The van der Waals surface area contributed by atoms with Gasteiger partial charge in [0, 0.05) is 61.1 Å². The summed E-state index contributed by atoms with van der Waals surface area (Å²) in [6.07, 6.45) is 1.82. The molecule has 1 fully saturated rings. The van der Waals surface area contributed by atoms with Crippen molar-refractivity contribution in [2.24, 2.45) is 0 Å². The van der Waals surface area contributed by atoms with Crippen molar-refractivity contribution in [3.05, 3.63) is 54.2 Å². The number of carbonyl (C=O) groups excluding carboxylic acids is 4. The molecule has 0 aliphatic carbocycles. The van der Waals surface area contributed by atoms with Crippen molar-refractivity contribution in [1.29, 1.82) is 0 Å². The van der Waals surface area contributed by atoms with Gasteiger partial charge in [-0.15, -0.1) is 0 Å². The number of hydrogen-bond donors (Lipinski definition) is 1. The predicted octanol–water partition coefficient (Wildman–Crippen LogP) is 3.09. The summed E-state index contributed by atoms with van der Waals surface area (Å²) < 4.78 is 11.9. The molecule has 0 unspecified atom stereocenters. The number of benzene rings is 2. The van der Waals surface area contributed by atoms with Gasteiger partial charge in [-0.3, -0.25) is 19.2 Å². The van der Waals surface area contributed by atoms with Crippen LogP contribution in [-0.2, 0) is 25.7 Å². The van der Waals surface area contributed by atoms with E-state index in [1.165, 1.54) is 6.20 Å². The fourth-order valence-corrected chi connectivity index (χ4v) is 4.50. The van der Waals surface area contributed by atoms with Crippen molar-refractivity contribution in [1.82, 2.24) is 9.47 Å². The van der Waals surface area contributed by atoms with Crippen LogP contribution in [0.25, 0.3) is 10.9 Å². The second-order valence-corrected chi connectivity index (χ2v) is 8.92. The zero-order chi connectivity index (χ0) is 27.2. The van der Waals surface area contributed by atoms with Crippen LogP contribution in [0.2, 0.25) is 0 Å². The van der Waals surface area contributed by atoms with Crippen molar-refractivity contribution in [2.75, 3.05) is 50.1 Å². The molecule has 4 rings (SSSR count). The molecule has 0 saturated carbocycles. The topological polar surface area (TPSA) is 110 Å². The minimum Gasteiger partial charge on any atom is -0.497 e. The number of nitrogens with zero attached hydrogens (tertiary/aromatic N) is 3. The standard InChI is InChI=1S/C28H32N4O6/c1-4-25(33)29-19-6-11-24-22(16-19)23(17-32(24)18-26(34)38-5-2)27(35)28(36)31-14-12-30(13-15-31)20-7-9-21(37-3)10-8-20/h6-11,16-17H,4-5,12-15,18H2,1-3H3,(H,29,33). The number of aromatic nitrogens is 1. The van der Waals surface area contributed by atoms with Gasteiger partial charge in [0.1, 0.15) is 12.3 Å². The lowest BCUT2D eigenvalue weighted by molar-refractivity contribution is -0.143. The van der Waals surface area contributed by atoms with Gasteiger partial charge in [-0.2, -0.15) is 0 Å². The largest absolute Gasteiger partial charge is 0.497 e. The van der Waals surface area contributed by atoms with Gasteiger partial charge in [-0.1, -0.05) is 6.92 Å². The quantitative estimate of drug-likeness (QED) is 0.262. The summed E-state index contributed by atoms with van der Waals surface area (Å²) in [7, 11) is 1.62. The van der Waals surface area contributed by atoms with E-state index in [-0.39, 0.29) is 24.6 Å². The number of anilines is 2. The van der Waals surface area contributed by atoms with Gasteiger partial charge in [0.2, 0.25) is 5.91 Å². The number of nitrogens with one attached hydrogen (secondary N) is 1. The van der Waals surface area contributed by atoms with Crippen molar-refractivity contribution in [3.63, 3.8) is 0 Å². The molecule has 200 valence electrons. The molecule has 38 heavy (non-hydrogen) atoms. The van der Waals surface area contributed by atoms with Crippen LogP contribution in [0, 0.1) is 0 Å². The summed E-state index contributed by atoms with van der Waals surface area (Å²) in [6.45, 7) is 5.56. The SMILES string of the molecule is CCOC(=O)Cn1cc(C(=O)C(=O)N2CCN(c3ccc(OC)cc3)CC2)c2cc(NC(=O)CC)ccc21. The third-order valence-electron chi connectivity index (χ3n) is 6.53. The summed E-state index contributed by atoms with van der Waals surface area (Å²) in [5.74, 6) is -1.11. The molecule has 0 radical (unpaired) electrons. The maximum absolute atomic E-state index is 13.5. The summed E-state index contributed by atoms with van der Waals surface area (Å²) in [5, 5.41) is 3.27. The number of rotatable bonds is 9. The Morgan fingerprint density at radius 1 is 0.947 bits per heavy atom. The van der Waals surface area contributed by atoms with Crippen molar-refractivity contribution in [2.45, 2.75) is 26.8 Å².